The summed E-state index contributed by atoms with van der Waals surface area (Å²) in [4.78, 5) is 11.2. The highest BCUT2D eigenvalue weighted by Gasteiger charge is 2.43. The van der Waals surface area contributed by atoms with Gasteiger partial charge in [0.1, 0.15) is 0 Å². The van der Waals surface area contributed by atoms with E-state index in [2.05, 4.69) is 6.92 Å². The van der Waals surface area contributed by atoms with Gasteiger partial charge in [-0.15, -0.1) is 0 Å². The summed E-state index contributed by atoms with van der Waals surface area (Å²) in [6.45, 7) is 9.64. The third kappa shape index (κ3) is 6.43. The minimum Gasteiger partial charge on any atom is -0.478 e. The van der Waals surface area contributed by atoms with E-state index in [1.165, 1.54) is 0 Å². The molecule has 3 atom stereocenters. The zero-order valence-electron chi connectivity index (χ0n) is 18.0. The average molecular weight is 421 g/mol. The molecule has 1 aliphatic rings. The van der Waals surface area contributed by atoms with Crippen LogP contribution in [-0.4, -0.2) is 27.6 Å². The molecule has 160 valence electrons. The van der Waals surface area contributed by atoms with Crippen LogP contribution in [0, 0.1) is 5.92 Å². The van der Waals surface area contributed by atoms with Crippen LogP contribution in [0.5, 0.6) is 0 Å². The van der Waals surface area contributed by atoms with E-state index in [4.69, 9.17) is 16.3 Å². The molecule has 0 amide bonds. The van der Waals surface area contributed by atoms with Crippen molar-refractivity contribution in [2.24, 2.45) is 5.92 Å². The third-order valence-electron chi connectivity index (χ3n) is 5.21. The molecule has 3 unspecified atom stereocenters. The Kier molecular flexibility index (Phi) is 7.72. The van der Waals surface area contributed by atoms with Crippen LogP contribution < -0.4 is 0 Å². The topological polar surface area (TPSA) is 66.8 Å². The fourth-order valence-electron chi connectivity index (χ4n) is 4.26. The summed E-state index contributed by atoms with van der Waals surface area (Å²) in [5, 5.41) is 21.5. The zero-order chi connectivity index (χ0) is 21.8. The standard InChI is InChI=1S/C24H33ClO4/c1-6-7-20(16-8-10-18(11-9-16)22(26)27)21(17-12-14-19(25)15-13-17)24(5,28)29-23(2,3)4/h8-12,14,20-21,28H,6-7,13,15H2,1-5H3,(H,26,27). The monoisotopic (exact) mass is 420 g/mol. The van der Waals surface area contributed by atoms with Crippen molar-refractivity contribution in [3.05, 3.63) is 58.1 Å². The van der Waals surface area contributed by atoms with Crippen molar-refractivity contribution >= 4 is 17.6 Å². The number of ether oxygens (including phenoxy) is 1. The highest BCUT2D eigenvalue weighted by Crippen LogP contribution is 2.45. The molecule has 5 heteroatoms. The lowest BCUT2D eigenvalue weighted by Gasteiger charge is -2.43. The molecule has 0 saturated heterocycles. The second kappa shape index (κ2) is 9.46. The Morgan fingerprint density at radius 2 is 1.76 bits per heavy atom. The quantitative estimate of drug-likeness (QED) is 0.487. The van der Waals surface area contributed by atoms with Gasteiger partial charge in [-0.1, -0.05) is 48.7 Å². The summed E-state index contributed by atoms with van der Waals surface area (Å²) in [5.74, 6) is -2.64. The maximum absolute atomic E-state index is 11.5. The average Bonchev–Trinajstić information content (AvgIpc) is 2.61. The van der Waals surface area contributed by atoms with Gasteiger partial charge in [0.15, 0.2) is 5.79 Å². The number of benzene rings is 1. The maximum Gasteiger partial charge on any atom is 0.335 e. The molecule has 1 aliphatic carbocycles. The smallest absolute Gasteiger partial charge is 0.335 e. The molecule has 0 radical (unpaired) electrons. The predicted molar refractivity (Wildman–Crippen MR) is 117 cm³/mol. The number of halogens is 1. The van der Waals surface area contributed by atoms with Crippen LogP contribution in [0.4, 0.5) is 0 Å². The first-order valence-electron chi connectivity index (χ1n) is 10.3. The summed E-state index contributed by atoms with van der Waals surface area (Å²) in [5.41, 5.74) is 1.84. The first-order chi connectivity index (χ1) is 13.4. The second-order valence-corrected chi connectivity index (χ2v) is 9.41. The highest BCUT2D eigenvalue weighted by molar-refractivity contribution is 6.29. The number of hydrogen-bond acceptors (Lipinski definition) is 3. The van der Waals surface area contributed by atoms with Crippen molar-refractivity contribution < 1.29 is 19.7 Å². The van der Waals surface area contributed by atoms with Gasteiger partial charge in [0, 0.05) is 11.0 Å². The summed E-state index contributed by atoms with van der Waals surface area (Å²) in [6.07, 6.45) is 7.18. The number of carbonyl (C=O) groups is 1. The van der Waals surface area contributed by atoms with Gasteiger partial charge in [-0.2, -0.15) is 0 Å². The Morgan fingerprint density at radius 3 is 2.21 bits per heavy atom. The van der Waals surface area contributed by atoms with Crippen molar-refractivity contribution in [3.8, 4) is 0 Å². The number of rotatable bonds is 8. The lowest BCUT2D eigenvalue weighted by Crippen LogP contribution is -2.47. The van der Waals surface area contributed by atoms with Crippen LogP contribution >= 0.6 is 11.6 Å². The molecule has 0 spiro atoms. The molecule has 0 bridgehead atoms. The van der Waals surface area contributed by atoms with Crippen LogP contribution in [-0.2, 0) is 4.74 Å². The van der Waals surface area contributed by atoms with Crippen molar-refractivity contribution in [2.75, 3.05) is 0 Å². The zero-order valence-corrected chi connectivity index (χ0v) is 18.8. The summed E-state index contributed by atoms with van der Waals surface area (Å²) >= 11 is 6.18. The highest BCUT2D eigenvalue weighted by atomic mass is 35.5. The van der Waals surface area contributed by atoms with E-state index < -0.39 is 17.4 Å². The molecule has 2 N–H and O–H groups in total. The fourth-order valence-corrected chi connectivity index (χ4v) is 4.41. The van der Waals surface area contributed by atoms with Crippen LogP contribution in [0.2, 0.25) is 0 Å². The molecular weight excluding hydrogens is 388 g/mol. The number of carboxylic acid groups (broad SMARTS) is 1. The van der Waals surface area contributed by atoms with Gasteiger partial charge in [-0.3, -0.25) is 0 Å². The van der Waals surface area contributed by atoms with Crippen LogP contribution in [0.15, 0.2) is 47.0 Å². The predicted octanol–water partition coefficient (Wildman–Crippen LogP) is 6.25. The Labute approximate surface area is 179 Å². The van der Waals surface area contributed by atoms with Crippen molar-refractivity contribution in [3.63, 3.8) is 0 Å². The first-order valence-corrected chi connectivity index (χ1v) is 10.6. The normalized spacial score (nSPS) is 19.0. The van der Waals surface area contributed by atoms with E-state index in [0.717, 1.165) is 41.9 Å². The van der Waals surface area contributed by atoms with E-state index in [0.29, 0.717) is 0 Å². The molecule has 1 aromatic carbocycles. The van der Waals surface area contributed by atoms with Gasteiger partial charge in [-0.05, 0) is 76.6 Å². The molecule has 0 aliphatic heterocycles. The molecule has 0 fully saturated rings. The minimum atomic E-state index is -1.40. The minimum absolute atomic E-state index is 0.0169. The van der Waals surface area contributed by atoms with Crippen LogP contribution in [0.25, 0.3) is 0 Å². The number of aliphatic hydroxyl groups is 1. The van der Waals surface area contributed by atoms with Crippen LogP contribution in [0.1, 0.15) is 82.1 Å². The third-order valence-corrected chi connectivity index (χ3v) is 5.52. The fraction of sp³-hybridized carbons (Fsp3) is 0.542. The molecule has 29 heavy (non-hydrogen) atoms. The number of aromatic carboxylic acids is 1. The number of hydrogen-bond donors (Lipinski definition) is 2. The number of allylic oxidation sites excluding steroid dienone is 3. The first kappa shape index (κ1) is 23.7. The number of carboxylic acids is 1. The lowest BCUT2D eigenvalue weighted by atomic mass is 9.72. The van der Waals surface area contributed by atoms with Crippen molar-refractivity contribution in [1.29, 1.82) is 0 Å². The molecule has 1 aromatic rings. The van der Waals surface area contributed by atoms with E-state index in [1.807, 2.05) is 45.1 Å². The Morgan fingerprint density at radius 1 is 1.14 bits per heavy atom. The van der Waals surface area contributed by atoms with Crippen molar-refractivity contribution in [2.45, 2.75) is 77.6 Å². The molecular formula is C24H33ClO4. The van der Waals surface area contributed by atoms with E-state index >= 15 is 0 Å². The SMILES string of the molecule is CCCC(c1ccc(C(=O)O)cc1)C(C1=CC=C(Cl)CC1)C(C)(O)OC(C)(C)C. The molecule has 0 aromatic heterocycles. The van der Waals surface area contributed by atoms with Gasteiger partial charge in [0.25, 0.3) is 0 Å². The molecule has 0 heterocycles. The molecule has 0 saturated carbocycles. The van der Waals surface area contributed by atoms with E-state index in [9.17, 15) is 15.0 Å². The molecule has 4 nitrogen and oxygen atoms in total. The van der Waals surface area contributed by atoms with Gasteiger partial charge < -0.3 is 14.9 Å². The summed E-state index contributed by atoms with van der Waals surface area (Å²) in [7, 11) is 0. The van der Waals surface area contributed by atoms with Gasteiger partial charge in [-0.25, -0.2) is 4.79 Å². The second-order valence-electron chi connectivity index (χ2n) is 8.92. The summed E-state index contributed by atoms with van der Waals surface area (Å²) < 4.78 is 6.15. The van der Waals surface area contributed by atoms with Gasteiger partial charge in [0.05, 0.1) is 11.2 Å². The Balaban J connectivity index is 2.54. The largest absolute Gasteiger partial charge is 0.478 e. The van der Waals surface area contributed by atoms with Crippen molar-refractivity contribution in [1.82, 2.24) is 0 Å². The van der Waals surface area contributed by atoms with E-state index in [-0.39, 0.29) is 17.4 Å². The van der Waals surface area contributed by atoms with Gasteiger partial charge in [0.2, 0.25) is 0 Å². The Bertz CT molecular complexity index is 769. The van der Waals surface area contributed by atoms with Gasteiger partial charge >= 0.3 is 5.97 Å². The summed E-state index contributed by atoms with van der Waals surface area (Å²) in [6, 6.07) is 6.97. The Hall–Kier alpha value is -1.62. The van der Waals surface area contributed by atoms with E-state index in [1.54, 1.807) is 19.1 Å². The lowest BCUT2D eigenvalue weighted by molar-refractivity contribution is -0.267. The maximum atomic E-state index is 11.5. The van der Waals surface area contributed by atoms with Crippen LogP contribution in [0.3, 0.4) is 0 Å². The molecule has 2 rings (SSSR count).